The molecule has 2 rings (SSSR count). The zero-order valence-corrected chi connectivity index (χ0v) is 16.5. The third kappa shape index (κ3) is 6.47. The van der Waals surface area contributed by atoms with Crippen LogP contribution in [0.15, 0.2) is 47.4 Å². The fourth-order valence-electron chi connectivity index (χ4n) is 2.36. The van der Waals surface area contributed by atoms with E-state index < -0.39 is 11.9 Å². The van der Waals surface area contributed by atoms with Gasteiger partial charge < -0.3 is 19.9 Å². The maximum Gasteiger partial charge on any atom is 0.338 e. The predicted octanol–water partition coefficient (Wildman–Crippen LogP) is 4.29. The number of unbranched alkanes of at least 4 members (excludes halogenated alkanes) is 1. The molecule has 0 amide bonds. The zero-order valence-electron chi connectivity index (χ0n) is 15.6. The van der Waals surface area contributed by atoms with E-state index in [-0.39, 0.29) is 18.6 Å². The normalized spacial score (nSPS) is 10.4. The van der Waals surface area contributed by atoms with Gasteiger partial charge in [-0.1, -0.05) is 31.5 Å². The molecule has 0 spiro atoms. The third-order valence-corrected chi connectivity index (χ3v) is 4.33. The van der Waals surface area contributed by atoms with Gasteiger partial charge >= 0.3 is 11.9 Å². The molecular weight excluding hydrogens is 380 g/mol. The summed E-state index contributed by atoms with van der Waals surface area (Å²) in [4.78, 5) is 23.5. The first-order chi connectivity index (χ1) is 13.5. The van der Waals surface area contributed by atoms with Crippen LogP contribution in [-0.2, 0) is 9.53 Å². The van der Waals surface area contributed by atoms with Crippen molar-refractivity contribution < 1.29 is 24.2 Å². The number of rotatable bonds is 11. The van der Waals surface area contributed by atoms with Gasteiger partial charge in [-0.3, -0.25) is 9.93 Å². The lowest BCUT2D eigenvalue weighted by Gasteiger charge is -2.17. The minimum absolute atomic E-state index is 0.194. The predicted molar refractivity (Wildman–Crippen MR) is 109 cm³/mol. The molecule has 0 bridgehead atoms. The number of nitrogens with one attached hydrogen (secondary N) is 1. The van der Waals surface area contributed by atoms with E-state index in [1.54, 1.807) is 12.1 Å². The van der Waals surface area contributed by atoms with E-state index in [4.69, 9.17) is 19.7 Å². The van der Waals surface area contributed by atoms with Gasteiger partial charge in [-0.05, 0) is 42.6 Å². The molecule has 2 aromatic carbocycles. The number of para-hydroxylation sites is 1. The summed E-state index contributed by atoms with van der Waals surface area (Å²) in [6.45, 7) is 2.59. The fraction of sp³-hybridized carbons (Fsp3) is 0.300. The molecule has 0 saturated carbocycles. The summed E-state index contributed by atoms with van der Waals surface area (Å²) in [6.07, 6.45) is 1.71. The Morgan fingerprint density at radius 3 is 2.61 bits per heavy atom. The Hall–Kier alpha value is -2.71. The van der Waals surface area contributed by atoms with Gasteiger partial charge in [0.1, 0.15) is 12.4 Å². The number of carbonyl (C=O) groups excluding carboxylic acids is 1. The summed E-state index contributed by atoms with van der Waals surface area (Å²) < 4.78 is 11.1. The fourth-order valence-corrected chi connectivity index (χ4v) is 2.82. The maximum absolute atomic E-state index is 12.3. The van der Waals surface area contributed by atoms with Crippen LogP contribution in [0.1, 0.15) is 36.5 Å². The van der Waals surface area contributed by atoms with E-state index in [0.29, 0.717) is 28.6 Å². The second-order valence-electron chi connectivity index (χ2n) is 5.94. The van der Waals surface area contributed by atoms with Crippen molar-refractivity contribution >= 4 is 29.6 Å². The van der Waals surface area contributed by atoms with Crippen molar-refractivity contribution in [3.8, 4) is 11.5 Å². The smallest absolute Gasteiger partial charge is 0.338 e. The number of ether oxygens (including phenoxy) is 2. The number of carboxylic acids is 1. The van der Waals surface area contributed by atoms with Crippen LogP contribution in [0.5, 0.6) is 11.5 Å². The molecular formula is C20H24N2O5S. The highest BCUT2D eigenvalue weighted by Crippen LogP contribution is 2.39. The topological polar surface area (TPSA) is 111 Å². The molecule has 4 N–H and O–H groups in total. The molecule has 150 valence electrons. The summed E-state index contributed by atoms with van der Waals surface area (Å²) in [7, 11) is 0. The Balaban J connectivity index is 2.31. The zero-order chi connectivity index (χ0) is 20.4. The first kappa shape index (κ1) is 21.6. The Kier molecular flexibility index (Phi) is 8.64. The molecule has 0 aliphatic heterocycles. The number of hydrogen-bond acceptors (Lipinski definition) is 7. The first-order valence-corrected chi connectivity index (χ1v) is 9.83. The standard InChI is InChI=1S/C20H24N2O5S/c1-2-3-10-22-16-12-14(20(25)26-11-9-18(23)24)13-17(28-21)19(16)27-15-7-5-4-6-8-15/h4-8,12-13,22H,2-3,9-11,21H2,1H3,(H,23,24). The molecule has 0 aliphatic rings. The molecule has 28 heavy (non-hydrogen) atoms. The van der Waals surface area contributed by atoms with E-state index in [0.717, 1.165) is 24.8 Å². The minimum atomic E-state index is -1.03. The summed E-state index contributed by atoms with van der Waals surface area (Å²) in [5.41, 5.74) is 0.899. The van der Waals surface area contributed by atoms with Gasteiger partial charge in [-0.15, -0.1) is 0 Å². The van der Waals surface area contributed by atoms with E-state index >= 15 is 0 Å². The molecule has 0 radical (unpaired) electrons. The molecule has 0 saturated heterocycles. The van der Waals surface area contributed by atoms with Gasteiger partial charge in [-0.25, -0.2) is 4.79 Å². The molecule has 8 heteroatoms. The number of nitrogens with two attached hydrogens (primary N) is 1. The summed E-state index contributed by atoms with van der Waals surface area (Å²) >= 11 is 0.961. The number of anilines is 1. The SMILES string of the molecule is CCCCNc1cc(C(=O)OCCC(=O)O)cc(SN)c1Oc1ccccc1. The third-order valence-electron chi connectivity index (χ3n) is 3.78. The first-order valence-electron chi connectivity index (χ1n) is 8.95. The van der Waals surface area contributed by atoms with Crippen molar-refractivity contribution in [1.82, 2.24) is 0 Å². The summed E-state index contributed by atoms with van der Waals surface area (Å²) in [5, 5.41) is 17.8. The van der Waals surface area contributed by atoms with E-state index in [1.165, 1.54) is 0 Å². The Labute approximate surface area is 168 Å². The highest BCUT2D eigenvalue weighted by Gasteiger charge is 2.18. The van der Waals surface area contributed by atoms with Crippen molar-refractivity contribution in [2.45, 2.75) is 31.1 Å². The highest BCUT2D eigenvalue weighted by molar-refractivity contribution is 7.97. The lowest BCUT2D eigenvalue weighted by Crippen LogP contribution is -2.11. The number of carbonyl (C=O) groups is 2. The number of carboxylic acid groups (broad SMARTS) is 1. The van der Waals surface area contributed by atoms with Crippen molar-refractivity contribution in [3.05, 3.63) is 48.0 Å². The van der Waals surface area contributed by atoms with E-state index in [1.807, 2.05) is 30.3 Å². The summed E-state index contributed by atoms with van der Waals surface area (Å²) in [5.74, 6) is -0.467. The lowest BCUT2D eigenvalue weighted by molar-refractivity contribution is -0.137. The van der Waals surface area contributed by atoms with Crippen molar-refractivity contribution in [1.29, 1.82) is 0 Å². The molecule has 2 aromatic rings. The van der Waals surface area contributed by atoms with Crippen LogP contribution in [0.4, 0.5) is 5.69 Å². The molecule has 7 nitrogen and oxygen atoms in total. The summed E-state index contributed by atoms with van der Waals surface area (Å²) in [6, 6.07) is 12.5. The van der Waals surface area contributed by atoms with Gasteiger partial charge in [-0.2, -0.15) is 0 Å². The van der Waals surface area contributed by atoms with Crippen LogP contribution in [0.2, 0.25) is 0 Å². The molecule has 0 aromatic heterocycles. The lowest BCUT2D eigenvalue weighted by atomic mass is 10.1. The molecule has 0 unspecified atom stereocenters. The number of benzene rings is 2. The van der Waals surface area contributed by atoms with Gasteiger partial charge in [0.25, 0.3) is 0 Å². The highest BCUT2D eigenvalue weighted by atomic mass is 32.2. The van der Waals surface area contributed by atoms with Crippen molar-refractivity contribution in [3.63, 3.8) is 0 Å². The number of esters is 1. The van der Waals surface area contributed by atoms with Crippen LogP contribution < -0.4 is 15.2 Å². The second-order valence-corrected chi connectivity index (χ2v) is 6.62. The molecule has 0 fully saturated rings. The van der Waals surface area contributed by atoms with Crippen molar-refractivity contribution in [2.75, 3.05) is 18.5 Å². The number of hydrogen-bond donors (Lipinski definition) is 3. The maximum atomic E-state index is 12.3. The van der Waals surface area contributed by atoms with Crippen LogP contribution in [-0.4, -0.2) is 30.2 Å². The largest absolute Gasteiger partial charge is 0.481 e. The Morgan fingerprint density at radius 1 is 1.21 bits per heavy atom. The number of aliphatic carboxylic acids is 1. The van der Waals surface area contributed by atoms with Crippen LogP contribution >= 0.6 is 11.9 Å². The molecule has 0 atom stereocenters. The van der Waals surface area contributed by atoms with Crippen molar-refractivity contribution in [2.24, 2.45) is 5.14 Å². The Bertz CT molecular complexity index is 799. The van der Waals surface area contributed by atoms with E-state index in [9.17, 15) is 9.59 Å². The molecule has 0 heterocycles. The Morgan fingerprint density at radius 2 is 1.96 bits per heavy atom. The van der Waals surface area contributed by atoms with Gasteiger partial charge in [0.15, 0.2) is 5.75 Å². The van der Waals surface area contributed by atoms with E-state index in [2.05, 4.69) is 12.2 Å². The van der Waals surface area contributed by atoms with Gasteiger partial charge in [0, 0.05) is 6.54 Å². The second kappa shape index (κ2) is 11.2. The van der Waals surface area contributed by atoms with Gasteiger partial charge in [0.05, 0.1) is 22.6 Å². The van der Waals surface area contributed by atoms with Crippen LogP contribution in [0.25, 0.3) is 0 Å². The molecule has 0 aliphatic carbocycles. The van der Waals surface area contributed by atoms with Crippen LogP contribution in [0, 0.1) is 0 Å². The van der Waals surface area contributed by atoms with Gasteiger partial charge in [0.2, 0.25) is 0 Å². The monoisotopic (exact) mass is 404 g/mol. The quantitative estimate of drug-likeness (QED) is 0.289. The minimum Gasteiger partial charge on any atom is -0.481 e. The average Bonchev–Trinajstić information content (AvgIpc) is 2.69. The van der Waals surface area contributed by atoms with Crippen LogP contribution in [0.3, 0.4) is 0 Å². The average molecular weight is 404 g/mol.